The standard InChI is InChI=1S/C20H11Cl2N3/c21-19-18-17(23-20(22)24-19)15-10-12-6-4-5-7-13(12)11-16(15)25(18)14-8-2-1-3-9-14/h1-11H. The van der Waals surface area contributed by atoms with E-state index >= 15 is 0 Å². The van der Waals surface area contributed by atoms with Gasteiger partial charge in [-0.2, -0.15) is 0 Å². The first-order valence-electron chi connectivity index (χ1n) is 7.84. The molecule has 5 heteroatoms. The normalized spacial score (nSPS) is 11.6. The van der Waals surface area contributed by atoms with E-state index in [1.807, 2.05) is 42.5 Å². The van der Waals surface area contributed by atoms with Crippen molar-refractivity contribution in [3.63, 3.8) is 0 Å². The highest BCUT2D eigenvalue weighted by atomic mass is 35.5. The van der Waals surface area contributed by atoms with Crippen molar-refractivity contribution in [2.45, 2.75) is 0 Å². The topological polar surface area (TPSA) is 30.7 Å². The molecule has 5 rings (SSSR count). The molecule has 0 N–H and O–H groups in total. The molecule has 0 saturated carbocycles. The number of halogens is 2. The van der Waals surface area contributed by atoms with E-state index in [9.17, 15) is 0 Å². The number of fused-ring (bicyclic) bond motifs is 4. The molecule has 0 unspecified atom stereocenters. The van der Waals surface area contributed by atoms with Gasteiger partial charge in [-0.05, 0) is 46.6 Å². The molecule has 25 heavy (non-hydrogen) atoms. The number of rotatable bonds is 1. The number of hydrogen-bond acceptors (Lipinski definition) is 2. The molecule has 3 nitrogen and oxygen atoms in total. The average molecular weight is 364 g/mol. The lowest BCUT2D eigenvalue weighted by atomic mass is 10.1. The van der Waals surface area contributed by atoms with Gasteiger partial charge in [-0.1, -0.05) is 54.1 Å². The van der Waals surface area contributed by atoms with Gasteiger partial charge >= 0.3 is 0 Å². The molecule has 5 aromatic rings. The number of aromatic nitrogens is 3. The van der Waals surface area contributed by atoms with Crippen molar-refractivity contribution in [2.24, 2.45) is 0 Å². The molecular weight excluding hydrogens is 353 g/mol. The Morgan fingerprint density at radius 1 is 0.760 bits per heavy atom. The van der Waals surface area contributed by atoms with E-state index in [1.165, 1.54) is 0 Å². The zero-order valence-electron chi connectivity index (χ0n) is 12.9. The van der Waals surface area contributed by atoms with Crippen molar-refractivity contribution in [1.82, 2.24) is 14.5 Å². The van der Waals surface area contributed by atoms with Gasteiger partial charge in [-0.25, -0.2) is 9.97 Å². The van der Waals surface area contributed by atoms with Gasteiger partial charge in [0.1, 0.15) is 11.0 Å². The number of nitrogens with zero attached hydrogens (tertiary/aromatic N) is 3. The summed E-state index contributed by atoms with van der Waals surface area (Å²) in [6.07, 6.45) is 0. The molecule has 0 aliphatic heterocycles. The molecule has 0 atom stereocenters. The first-order chi connectivity index (χ1) is 12.2. The van der Waals surface area contributed by atoms with Gasteiger partial charge in [0.15, 0.2) is 5.15 Å². The average Bonchev–Trinajstić information content (AvgIpc) is 2.94. The molecule has 0 radical (unpaired) electrons. The Kier molecular flexibility index (Phi) is 3.20. The number of benzene rings is 3. The summed E-state index contributed by atoms with van der Waals surface area (Å²) in [5, 5.41) is 3.80. The van der Waals surface area contributed by atoms with Crippen LogP contribution in [0.3, 0.4) is 0 Å². The lowest BCUT2D eigenvalue weighted by Gasteiger charge is -2.08. The molecule has 3 aromatic carbocycles. The minimum Gasteiger partial charge on any atom is -0.305 e. The summed E-state index contributed by atoms with van der Waals surface area (Å²) in [6.45, 7) is 0. The van der Waals surface area contributed by atoms with Crippen molar-refractivity contribution in [1.29, 1.82) is 0 Å². The first kappa shape index (κ1) is 14.7. The molecule has 0 aliphatic carbocycles. The maximum Gasteiger partial charge on any atom is 0.224 e. The first-order valence-corrected chi connectivity index (χ1v) is 8.59. The maximum atomic E-state index is 6.46. The van der Waals surface area contributed by atoms with Crippen LogP contribution in [0.25, 0.3) is 38.4 Å². The predicted octanol–water partition coefficient (Wildman–Crippen LogP) is 6.03. The molecule has 0 fully saturated rings. The lowest BCUT2D eigenvalue weighted by Crippen LogP contribution is -1.95. The second-order valence-electron chi connectivity index (χ2n) is 5.87. The van der Waals surface area contributed by atoms with Crippen LogP contribution in [0.15, 0.2) is 66.7 Å². The van der Waals surface area contributed by atoms with E-state index in [0.29, 0.717) is 5.15 Å². The largest absolute Gasteiger partial charge is 0.305 e. The van der Waals surface area contributed by atoms with Crippen molar-refractivity contribution < 1.29 is 0 Å². The lowest BCUT2D eigenvalue weighted by molar-refractivity contribution is 1.14. The van der Waals surface area contributed by atoms with Crippen molar-refractivity contribution in [3.05, 3.63) is 77.2 Å². The van der Waals surface area contributed by atoms with Gasteiger partial charge < -0.3 is 4.57 Å². The third-order valence-electron chi connectivity index (χ3n) is 4.41. The van der Waals surface area contributed by atoms with Crippen molar-refractivity contribution >= 4 is 55.9 Å². The van der Waals surface area contributed by atoms with Crippen LogP contribution in [-0.4, -0.2) is 14.5 Å². The summed E-state index contributed by atoms with van der Waals surface area (Å²) in [4.78, 5) is 8.62. The highest BCUT2D eigenvalue weighted by Gasteiger charge is 2.18. The summed E-state index contributed by atoms with van der Waals surface area (Å²) in [5.41, 5.74) is 3.56. The molecule has 0 bridgehead atoms. The van der Waals surface area contributed by atoms with Crippen molar-refractivity contribution in [2.75, 3.05) is 0 Å². The zero-order chi connectivity index (χ0) is 17.0. The number of para-hydroxylation sites is 1. The van der Waals surface area contributed by atoms with E-state index in [0.717, 1.165) is 38.4 Å². The minimum absolute atomic E-state index is 0.151. The maximum absolute atomic E-state index is 6.46. The molecule has 120 valence electrons. The third kappa shape index (κ3) is 2.20. The quantitative estimate of drug-likeness (QED) is 0.268. The summed E-state index contributed by atoms with van der Waals surface area (Å²) in [7, 11) is 0. The van der Waals surface area contributed by atoms with Crippen LogP contribution in [0.4, 0.5) is 0 Å². The Hall–Kier alpha value is -2.62. The van der Waals surface area contributed by atoms with Crippen LogP contribution >= 0.6 is 23.2 Å². The molecule has 0 amide bonds. The predicted molar refractivity (Wildman–Crippen MR) is 104 cm³/mol. The van der Waals surface area contributed by atoms with Crippen LogP contribution < -0.4 is 0 Å². The fourth-order valence-electron chi connectivity index (χ4n) is 3.36. The molecule has 2 aromatic heterocycles. The van der Waals surface area contributed by atoms with Gasteiger partial charge in [0.2, 0.25) is 5.28 Å². The van der Waals surface area contributed by atoms with Crippen LogP contribution in [0.2, 0.25) is 10.4 Å². The Balaban J connectivity index is 2.06. The fourth-order valence-corrected chi connectivity index (χ4v) is 3.82. The molecule has 0 saturated heterocycles. The Morgan fingerprint density at radius 3 is 2.20 bits per heavy atom. The van der Waals surface area contributed by atoms with Gasteiger partial charge in [0, 0.05) is 11.1 Å². The van der Waals surface area contributed by atoms with Crippen LogP contribution in [0.1, 0.15) is 0 Å². The zero-order valence-corrected chi connectivity index (χ0v) is 14.5. The molecule has 0 spiro atoms. The van der Waals surface area contributed by atoms with E-state index < -0.39 is 0 Å². The van der Waals surface area contributed by atoms with E-state index in [-0.39, 0.29) is 5.28 Å². The summed E-state index contributed by atoms with van der Waals surface area (Å²) in [5.74, 6) is 0. The number of hydrogen-bond donors (Lipinski definition) is 0. The van der Waals surface area contributed by atoms with E-state index in [1.54, 1.807) is 0 Å². The van der Waals surface area contributed by atoms with Gasteiger partial charge in [-0.3, -0.25) is 0 Å². The Morgan fingerprint density at radius 2 is 1.44 bits per heavy atom. The van der Waals surface area contributed by atoms with Gasteiger partial charge in [-0.15, -0.1) is 0 Å². The molecular formula is C20H11Cl2N3. The summed E-state index contributed by atoms with van der Waals surface area (Å²) >= 11 is 12.5. The second-order valence-corrected chi connectivity index (χ2v) is 6.56. The van der Waals surface area contributed by atoms with Gasteiger partial charge in [0.05, 0.1) is 5.52 Å². The third-order valence-corrected chi connectivity index (χ3v) is 4.84. The summed E-state index contributed by atoms with van der Waals surface area (Å²) in [6, 6.07) is 22.6. The monoisotopic (exact) mass is 363 g/mol. The smallest absolute Gasteiger partial charge is 0.224 e. The minimum atomic E-state index is 0.151. The second kappa shape index (κ2) is 5.45. The van der Waals surface area contributed by atoms with Crippen molar-refractivity contribution in [3.8, 4) is 5.69 Å². The Labute approximate surface area is 153 Å². The van der Waals surface area contributed by atoms with Crippen LogP contribution in [0, 0.1) is 0 Å². The Bertz CT molecular complexity index is 1260. The fraction of sp³-hybridized carbons (Fsp3) is 0. The SMILES string of the molecule is Clc1nc(Cl)c2c(n1)c1cc3ccccc3cc1n2-c1ccccc1. The summed E-state index contributed by atoms with van der Waals surface area (Å²) < 4.78 is 2.09. The molecule has 0 aliphatic rings. The van der Waals surface area contributed by atoms with Gasteiger partial charge in [0.25, 0.3) is 0 Å². The molecule has 2 heterocycles. The van der Waals surface area contributed by atoms with Crippen LogP contribution in [0.5, 0.6) is 0 Å². The highest BCUT2D eigenvalue weighted by Crippen LogP contribution is 2.36. The van der Waals surface area contributed by atoms with E-state index in [4.69, 9.17) is 23.2 Å². The highest BCUT2D eigenvalue weighted by molar-refractivity contribution is 6.37. The van der Waals surface area contributed by atoms with E-state index in [2.05, 4.69) is 38.8 Å². The van der Waals surface area contributed by atoms with Crippen LogP contribution in [-0.2, 0) is 0 Å².